The van der Waals surface area contributed by atoms with Crippen LogP contribution in [0.15, 0.2) is 10.8 Å². The summed E-state index contributed by atoms with van der Waals surface area (Å²) in [7, 11) is 0. The third-order valence-corrected chi connectivity index (χ3v) is 3.80. The van der Waals surface area contributed by atoms with E-state index in [0.29, 0.717) is 0 Å². The zero-order valence-corrected chi connectivity index (χ0v) is 8.67. The first-order valence-corrected chi connectivity index (χ1v) is 5.46. The highest BCUT2D eigenvalue weighted by molar-refractivity contribution is 7.08. The lowest BCUT2D eigenvalue weighted by molar-refractivity contribution is -0.148. The normalized spacial score (nSPS) is 20.4. The van der Waals surface area contributed by atoms with Gasteiger partial charge in [-0.3, -0.25) is 0 Å². The van der Waals surface area contributed by atoms with Crippen molar-refractivity contribution in [3.8, 4) is 0 Å². The number of thiophene rings is 1. The van der Waals surface area contributed by atoms with Crippen LogP contribution in [-0.2, 0) is 10.2 Å². The maximum Gasteiger partial charge on any atom is 0.333 e. The molecule has 1 atom stereocenters. The number of aliphatic hydroxyl groups is 1. The lowest BCUT2D eigenvalue weighted by atomic mass is 9.90. The minimum Gasteiger partial charge on any atom is -0.479 e. The second-order valence-electron chi connectivity index (χ2n) is 3.87. The molecule has 0 amide bonds. The van der Waals surface area contributed by atoms with E-state index in [0.717, 1.165) is 24.0 Å². The molecule has 76 valence electrons. The van der Waals surface area contributed by atoms with Gasteiger partial charge in [-0.15, -0.1) is 0 Å². The average Bonchev–Trinajstić information content (AvgIpc) is 2.83. The Morgan fingerprint density at radius 1 is 1.57 bits per heavy atom. The van der Waals surface area contributed by atoms with Gasteiger partial charge in [0, 0.05) is 5.41 Å². The molecule has 2 N–H and O–H groups in total. The molecule has 14 heavy (non-hydrogen) atoms. The van der Waals surface area contributed by atoms with Crippen LogP contribution >= 0.6 is 11.3 Å². The molecule has 4 heteroatoms. The maximum absolute atomic E-state index is 10.7. The summed E-state index contributed by atoms with van der Waals surface area (Å²) in [5, 5.41) is 22.4. The Morgan fingerprint density at radius 3 is 2.57 bits per heavy atom. The van der Waals surface area contributed by atoms with Crippen LogP contribution in [-0.4, -0.2) is 22.3 Å². The number of rotatable bonds is 3. The number of aryl methyl sites for hydroxylation is 1. The predicted octanol–water partition coefficient (Wildman–Crippen LogP) is 1.53. The molecule has 2 rings (SSSR count). The van der Waals surface area contributed by atoms with Gasteiger partial charge in [0.15, 0.2) is 6.10 Å². The number of aliphatic carboxylic acids is 1. The number of carboxylic acid groups (broad SMARTS) is 1. The van der Waals surface area contributed by atoms with E-state index < -0.39 is 17.5 Å². The van der Waals surface area contributed by atoms with Gasteiger partial charge < -0.3 is 10.2 Å². The van der Waals surface area contributed by atoms with Gasteiger partial charge in [0.25, 0.3) is 0 Å². The lowest BCUT2D eigenvalue weighted by Crippen LogP contribution is -2.33. The molecular weight excluding hydrogens is 200 g/mol. The molecule has 0 aromatic carbocycles. The van der Waals surface area contributed by atoms with Gasteiger partial charge >= 0.3 is 5.97 Å². The highest BCUT2D eigenvalue weighted by atomic mass is 32.1. The molecule has 1 aromatic rings. The first-order valence-electron chi connectivity index (χ1n) is 4.52. The van der Waals surface area contributed by atoms with Gasteiger partial charge in [0.05, 0.1) is 0 Å². The van der Waals surface area contributed by atoms with Crippen LogP contribution in [0.1, 0.15) is 24.0 Å². The lowest BCUT2D eigenvalue weighted by Gasteiger charge is -2.18. The van der Waals surface area contributed by atoms with Crippen molar-refractivity contribution < 1.29 is 15.0 Å². The molecule has 0 aliphatic heterocycles. The Hall–Kier alpha value is -0.870. The van der Waals surface area contributed by atoms with E-state index in [1.807, 2.05) is 17.7 Å². The molecule has 0 spiro atoms. The summed E-state index contributed by atoms with van der Waals surface area (Å²) in [5.74, 6) is -1.12. The zero-order valence-electron chi connectivity index (χ0n) is 7.86. The quantitative estimate of drug-likeness (QED) is 0.799. The minimum atomic E-state index is -1.25. The van der Waals surface area contributed by atoms with Crippen molar-refractivity contribution in [2.24, 2.45) is 0 Å². The van der Waals surface area contributed by atoms with E-state index in [1.54, 1.807) is 11.3 Å². The summed E-state index contributed by atoms with van der Waals surface area (Å²) in [5.41, 5.74) is 1.61. The minimum absolute atomic E-state index is 0.490. The van der Waals surface area contributed by atoms with E-state index in [1.165, 1.54) is 0 Å². The molecule has 3 nitrogen and oxygen atoms in total. The van der Waals surface area contributed by atoms with Crippen LogP contribution in [0.2, 0.25) is 0 Å². The predicted molar refractivity (Wildman–Crippen MR) is 53.6 cm³/mol. The molecule has 1 fully saturated rings. The van der Waals surface area contributed by atoms with Gasteiger partial charge in [-0.05, 0) is 41.7 Å². The van der Waals surface area contributed by atoms with Gasteiger partial charge in [-0.25, -0.2) is 4.79 Å². The second-order valence-corrected chi connectivity index (χ2v) is 4.61. The molecule has 1 heterocycles. The fraction of sp³-hybridized carbons (Fsp3) is 0.500. The largest absolute Gasteiger partial charge is 0.479 e. The summed E-state index contributed by atoms with van der Waals surface area (Å²) in [6, 6.07) is 0. The van der Waals surface area contributed by atoms with Crippen LogP contribution in [0.5, 0.6) is 0 Å². The first-order chi connectivity index (χ1) is 6.58. The van der Waals surface area contributed by atoms with Crippen molar-refractivity contribution in [1.82, 2.24) is 0 Å². The molecule has 0 saturated heterocycles. The summed E-state index contributed by atoms with van der Waals surface area (Å²) >= 11 is 1.56. The van der Waals surface area contributed by atoms with Crippen molar-refractivity contribution in [2.45, 2.75) is 31.3 Å². The summed E-state index contributed by atoms with van der Waals surface area (Å²) in [6.07, 6.45) is 0.298. The molecule has 0 bridgehead atoms. The SMILES string of the molecule is Cc1cscc1C1(C(O)C(=O)O)CC1. The maximum atomic E-state index is 10.7. The van der Waals surface area contributed by atoms with Gasteiger partial charge in [0.2, 0.25) is 0 Å². The highest BCUT2D eigenvalue weighted by Gasteiger charge is 2.54. The summed E-state index contributed by atoms with van der Waals surface area (Å²) < 4.78 is 0. The smallest absolute Gasteiger partial charge is 0.333 e. The van der Waals surface area contributed by atoms with Crippen molar-refractivity contribution in [1.29, 1.82) is 0 Å². The standard InChI is InChI=1S/C10H12O3S/c1-6-4-14-5-7(6)10(2-3-10)8(11)9(12)13/h4-5,8,11H,2-3H2,1H3,(H,12,13). The van der Waals surface area contributed by atoms with Crippen LogP contribution in [0.25, 0.3) is 0 Å². The van der Waals surface area contributed by atoms with E-state index >= 15 is 0 Å². The van der Waals surface area contributed by atoms with Crippen molar-refractivity contribution >= 4 is 17.3 Å². The molecule has 1 aliphatic rings. The Labute approximate surface area is 86.0 Å². The van der Waals surface area contributed by atoms with Crippen molar-refractivity contribution in [3.05, 3.63) is 21.9 Å². The third-order valence-electron chi connectivity index (χ3n) is 2.94. The number of carbonyl (C=O) groups is 1. The van der Waals surface area contributed by atoms with Gasteiger partial charge in [0.1, 0.15) is 0 Å². The van der Waals surface area contributed by atoms with Crippen LogP contribution < -0.4 is 0 Å². The van der Waals surface area contributed by atoms with E-state index in [4.69, 9.17) is 5.11 Å². The van der Waals surface area contributed by atoms with Crippen molar-refractivity contribution in [3.63, 3.8) is 0 Å². The average molecular weight is 212 g/mol. The fourth-order valence-corrected chi connectivity index (χ4v) is 2.89. The van der Waals surface area contributed by atoms with E-state index in [2.05, 4.69) is 0 Å². The molecule has 1 aromatic heterocycles. The van der Waals surface area contributed by atoms with Gasteiger partial charge in [-0.2, -0.15) is 11.3 Å². The third kappa shape index (κ3) is 1.26. The number of hydrogen-bond acceptors (Lipinski definition) is 3. The molecular formula is C10H12O3S. The topological polar surface area (TPSA) is 57.5 Å². The Morgan fingerprint density at radius 2 is 2.21 bits per heavy atom. The Kier molecular flexibility index (Phi) is 2.12. The van der Waals surface area contributed by atoms with E-state index in [9.17, 15) is 9.90 Å². The van der Waals surface area contributed by atoms with Crippen LogP contribution in [0, 0.1) is 6.92 Å². The molecule has 0 radical (unpaired) electrons. The van der Waals surface area contributed by atoms with Gasteiger partial charge in [-0.1, -0.05) is 0 Å². The van der Waals surface area contributed by atoms with Crippen molar-refractivity contribution in [2.75, 3.05) is 0 Å². The first kappa shape index (κ1) is 9.68. The number of aliphatic hydroxyl groups excluding tert-OH is 1. The Balaban J connectivity index is 2.34. The molecule has 1 saturated carbocycles. The number of hydrogen-bond donors (Lipinski definition) is 2. The molecule has 1 unspecified atom stereocenters. The zero-order chi connectivity index (χ0) is 10.3. The van der Waals surface area contributed by atoms with E-state index in [-0.39, 0.29) is 0 Å². The highest BCUT2D eigenvalue weighted by Crippen LogP contribution is 2.52. The molecule has 1 aliphatic carbocycles. The Bertz CT molecular complexity index is 365. The fourth-order valence-electron chi connectivity index (χ4n) is 1.93. The second kappa shape index (κ2) is 3.07. The van der Waals surface area contributed by atoms with Crippen LogP contribution in [0.3, 0.4) is 0 Å². The van der Waals surface area contributed by atoms with Crippen LogP contribution in [0.4, 0.5) is 0 Å². The number of carboxylic acids is 1. The summed E-state index contributed by atoms with van der Waals surface area (Å²) in [6.45, 7) is 1.96. The summed E-state index contributed by atoms with van der Waals surface area (Å²) in [4.78, 5) is 10.7. The monoisotopic (exact) mass is 212 g/mol.